The third-order valence-electron chi connectivity index (χ3n) is 1.37. The average molecular weight is 272 g/mol. The van der Waals surface area contributed by atoms with E-state index in [9.17, 15) is 9.90 Å². The van der Waals surface area contributed by atoms with Crippen molar-refractivity contribution in [1.82, 2.24) is 0 Å². The molecule has 2 N–H and O–H groups in total. The summed E-state index contributed by atoms with van der Waals surface area (Å²) in [5.41, 5.74) is 0. The van der Waals surface area contributed by atoms with Crippen LogP contribution >= 0.6 is 22.6 Å². The van der Waals surface area contributed by atoms with Gasteiger partial charge in [-0.05, 0) is 6.42 Å². The number of aliphatic hydroxyl groups is 1. The smallest absolute Gasteiger partial charge is 0.306 e. The first kappa shape index (κ1) is 11.2. The number of carbonyl (C=O) groups is 1. The van der Waals surface area contributed by atoms with Crippen molar-refractivity contribution in [3.8, 4) is 0 Å². The summed E-state index contributed by atoms with van der Waals surface area (Å²) < 4.78 is 0.0636. The highest BCUT2D eigenvalue weighted by atomic mass is 127. The minimum absolute atomic E-state index is 0.0636. The topological polar surface area (TPSA) is 57.5 Å². The van der Waals surface area contributed by atoms with Gasteiger partial charge in [-0.15, -0.1) is 0 Å². The summed E-state index contributed by atoms with van der Waals surface area (Å²) >= 11 is 2.09. The highest BCUT2D eigenvalue weighted by Crippen LogP contribution is 2.15. The average Bonchev–Trinajstić information content (AvgIpc) is 1.86. The zero-order chi connectivity index (χ0) is 8.85. The van der Waals surface area contributed by atoms with E-state index >= 15 is 0 Å². The Bertz CT molecular complexity index is 127. The van der Waals surface area contributed by atoms with Crippen molar-refractivity contribution >= 4 is 28.6 Å². The Labute approximate surface area is 79.9 Å². The molecule has 0 bridgehead atoms. The number of carboxylic acid groups (broad SMARTS) is 1. The molecule has 0 rings (SSSR count). The summed E-state index contributed by atoms with van der Waals surface area (Å²) in [6, 6.07) is 0. The Morgan fingerprint density at radius 1 is 1.64 bits per heavy atom. The lowest BCUT2D eigenvalue weighted by Gasteiger charge is -2.13. The molecule has 11 heavy (non-hydrogen) atoms. The maximum absolute atomic E-state index is 10.2. The van der Waals surface area contributed by atoms with E-state index in [1.165, 1.54) is 0 Å². The summed E-state index contributed by atoms with van der Waals surface area (Å²) in [5.74, 6) is -0.935. The SMILES string of the molecule is CCCC(I)C(O)CC(=O)O. The van der Waals surface area contributed by atoms with Crippen molar-refractivity contribution in [2.24, 2.45) is 0 Å². The van der Waals surface area contributed by atoms with E-state index in [0.717, 1.165) is 12.8 Å². The van der Waals surface area contributed by atoms with Gasteiger partial charge in [0.2, 0.25) is 0 Å². The van der Waals surface area contributed by atoms with Crippen LogP contribution in [0.1, 0.15) is 26.2 Å². The van der Waals surface area contributed by atoms with Crippen LogP contribution in [0.5, 0.6) is 0 Å². The minimum Gasteiger partial charge on any atom is -0.481 e. The normalized spacial score (nSPS) is 15.9. The molecule has 2 atom stereocenters. The standard InChI is InChI=1S/C7H13IO3/c1-2-3-5(8)6(9)4-7(10)11/h5-6,9H,2-4H2,1H3,(H,10,11). The monoisotopic (exact) mass is 272 g/mol. The first-order valence-electron chi connectivity index (χ1n) is 3.61. The van der Waals surface area contributed by atoms with E-state index in [0.29, 0.717) is 0 Å². The molecule has 0 radical (unpaired) electrons. The van der Waals surface area contributed by atoms with E-state index in [4.69, 9.17) is 5.11 Å². The van der Waals surface area contributed by atoms with Gasteiger partial charge in [0.25, 0.3) is 0 Å². The molecule has 3 nitrogen and oxygen atoms in total. The van der Waals surface area contributed by atoms with E-state index in [2.05, 4.69) is 22.6 Å². The molecule has 0 fully saturated rings. The highest BCUT2D eigenvalue weighted by molar-refractivity contribution is 14.1. The van der Waals surface area contributed by atoms with Gasteiger partial charge in [-0.2, -0.15) is 0 Å². The molecule has 0 amide bonds. The number of aliphatic hydroxyl groups excluding tert-OH is 1. The van der Waals surface area contributed by atoms with Crippen molar-refractivity contribution in [1.29, 1.82) is 0 Å². The summed E-state index contributed by atoms with van der Waals surface area (Å²) in [6.07, 6.45) is 1.00. The van der Waals surface area contributed by atoms with Crippen LogP contribution in [0.3, 0.4) is 0 Å². The number of carboxylic acids is 1. The molecule has 0 aliphatic rings. The molecule has 4 heteroatoms. The Morgan fingerprint density at radius 3 is 2.55 bits per heavy atom. The van der Waals surface area contributed by atoms with Crippen LogP contribution in [0.2, 0.25) is 0 Å². The molecule has 0 aromatic rings. The molecule has 0 heterocycles. The minimum atomic E-state index is -0.935. The van der Waals surface area contributed by atoms with Crippen molar-refractivity contribution in [2.75, 3.05) is 0 Å². The second kappa shape index (κ2) is 5.77. The second-order valence-corrected chi connectivity index (χ2v) is 4.07. The first-order chi connectivity index (χ1) is 5.07. The number of aliphatic carboxylic acids is 1. The summed E-state index contributed by atoms with van der Waals surface area (Å²) in [4.78, 5) is 10.2. The van der Waals surface area contributed by atoms with Gasteiger partial charge in [0.05, 0.1) is 12.5 Å². The molecule has 0 aromatic carbocycles. The molecule has 0 aliphatic heterocycles. The molecular formula is C7H13IO3. The van der Waals surface area contributed by atoms with Crippen molar-refractivity contribution in [2.45, 2.75) is 36.2 Å². The maximum atomic E-state index is 10.2. The van der Waals surface area contributed by atoms with Gasteiger partial charge in [0, 0.05) is 3.92 Å². The first-order valence-corrected chi connectivity index (χ1v) is 4.86. The highest BCUT2D eigenvalue weighted by Gasteiger charge is 2.17. The summed E-state index contributed by atoms with van der Waals surface area (Å²) in [7, 11) is 0. The number of hydrogen-bond donors (Lipinski definition) is 2. The molecule has 0 saturated carbocycles. The van der Waals surface area contributed by atoms with Gasteiger partial charge >= 0.3 is 5.97 Å². The van der Waals surface area contributed by atoms with Crippen molar-refractivity contribution in [3.05, 3.63) is 0 Å². The lowest BCUT2D eigenvalue weighted by molar-refractivity contribution is -0.139. The fourth-order valence-electron chi connectivity index (χ4n) is 0.775. The summed E-state index contributed by atoms with van der Waals surface area (Å²) in [5, 5.41) is 17.6. The zero-order valence-electron chi connectivity index (χ0n) is 6.46. The van der Waals surface area contributed by atoms with Gasteiger partial charge in [-0.3, -0.25) is 4.79 Å². The van der Waals surface area contributed by atoms with Crippen LogP contribution in [0.15, 0.2) is 0 Å². The van der Waals surface area contributed by atoms with Crippen LogP contribution in [-0.2, 0) is 4.79 Å². The fraction of sp³-hybridized carbons (Fsp3) is 0.857. The molecular weight excluding hydrogens is 259 g/mol. The van der Waals surface area contributed by atoms with Gasteiger partial charge in [0.1, 0.15) is 0 Å². The Morgan fingerprint density at radius 2 is 2.18 bits per heavy atom. The third-order valence-corrected chi connectivity index (χ3v) is 2.82. The Kier molecular flexibility index (Phi) is 5.85. The summed E-state index contributed by atoms with van der Waals surface area (Å²) in [6.45, 7) is 2.01. The van der Waals surface area contributed by atoms with Gasteiger partial charge in [0.15, 0.2) is 0 Å². The predicted molar refractivity (Wildman–Crippen MR) is 51.0 cm³/mol. The number of halogens is 1. The van der Waals surface area contributed by atoms with E-state index in [1.807, 2.05) is 6.92 Å². The molecule has 0 aliphatic carbocycles. The lowest BCUT2D eigenvalue weighted by atomic mass is 10.1. The van der Waals surface area contributed by atoms with Crippen molar-refractivity contribution < 1.29 is 15.0 Å². The zero-order valence-corrected chi connectivity index (χ0v) is 8.61. The van der Waals surface area contributed by atoms with Crippen molar-refractivity contribution in [3.63, 3.8) is 0 Å². The number of rotatable bonds is 5. The van der Waals surface area contributed by atoms with Crippen LogP contribution in [0.4, 0.5) is 0 Å². The molecule has 0 aromatic heterocycles. The van der Waals surface area contributed by atoms with Gasteiger partial charge in [-0.25, -0.2) is 0 Å². The van der Waals surface area contributed by atoms with Crippen LogP contribution < -0.4 is 0 Å². The Hall–Kier alpha value is 0.160. The second-order valence-electron chi connectivity index (χ2n) is 2.47. The fourth-order valence-corrected chi connectivity index (χ4v) is 1.65. The van der Waals surface area contributed by atoms with E-state index < -0.39 is 12.1 Å². The molecule has 2 unspecified atom stereocenters. The molecule has 66 valence electrons. The van der Waals surface area contributed by atoms with Gasteiger partial charge in [-0.1, -0.05) is 35.9 Å². The van der Waals surface area contributed by atoms with Crippen LogP contribution in [0.25, 0.3) is 0 Å². The van der Waals surface area contributed by atoms with E-state index in [-0.39, 0.29) is 10.3 Å². The predicted octanol–water partition coefficient (Wildman–Crippen LogP) is 1.43. The maximum Gasteiger partial charge on any atom is 0.306 e. The number of alkyl halides is 1. The van der Waals surface area contributed by atoms with Crippen LogP contribution in [-0.4, -0.2) is 26.2 Å². The Balaban J connectivity index is 3.63. The number of hydrogen-bond acceptors (Lipinski definition) is 2. The lowest BCUT2D eigenvalue weighted by Crippen LogP contribution is -2.23. The van der Waals surface area contributed by atoms with Crippen LogP contribution in [0, 0.1) is 0 Å². The third kappa shape index (κ3) is 5.43. The molecule has 0 saturated heterocycles. The molecule has 0 spiro atoms. The quantitative estimate of drug-likeness (QED) is 0.588. The van der Waals surface area contributed by atoms with Gasteiger partial charge < -0.3 is 10.2 Å². The van der Waals surface area contributed by atoms with E-state index in [1.54, 1.807) is 0 Å². The largest absolute Gasteiger partial charge is 0.481 e.